The van der Waals surface area contributed by atoms with Gasteiger partial charge in [-0.2, -0.15) is 0 Å². The Kier molecular flexibility index (Phi) is 5.96. The Bertz CT molecular complexity index is 767. The highest BCUT2D eigenvalue weighted by Gasteiger charge is 2.27. The first kappa shape index (κ1) is 18.8. The molecule has 0 aromatic heterocycles. The number of urea groups is 1. The van der Waals surface area contributed by atoms with Crippen LogP contribution in [0.3, 0.4) is 0 Å². The van der Waals surface area contributed by atoms with Crippen LogP contribution < -0.4 is 15.5 Å². The zero-order valence-electron chi connectivity index (χ0n) is 15.8. The lowest BCUT2D eigenvalue weighted by molar-refractivity contribution is -0.121. The third-order valence-electron chi connectivity index (χ3n) is 4.83. The Hall–Kier alpha value is -3.02. The van der Waals surface area contributed by atoms with Gasteiger partial charge in [-0.15, -0.1) is 0 Å². The molecule has 1 heterocycles. The molecule has 0 aliphatic carbocycles. The average molecular weight is 366 g/mol. The summed E-state index contributed by atoms with van der Waals surface area (Å²) in [4.78, 5) is 28.6. The molecule has 6 heteroatoms. The zero-order chi connectivity index (χ0) is 19.2. The third kappa shape index (κ3) is 5.00. The maximum Gasteiger partial charge on any atom is 0.321 e. The van der Waals surface area contributed by atoms with E-state index < -0.39 is 0 Å². The van der Waals surface area contributed by atoms with Crippen LogP contribution in [-0.2, 0) is 4.79 Å². The highest BCUT2D eigenvalue weighted by molar-refractivity contribution is 5.93. The molecule has 2 aromatic rings. The normalized spacial score (nSPS) is 14.5. The van der Waals surface area contributed by atoms with E-state index in [1.807, 2.05) is 73.6 Å². The molecule has 0 bridgehead atoms. The third-order valence-corrected chi connectivity index (χ3v) is 4.83. The monoisotopic (exact) mass is 366 g/mol. The molecule has 1 saturated heterocycles. The fourth-order valence-electron chi connectivity index (χ4n) is 3.16. The lowest BCUT2D eigenvalue weighted by Crippen LogP contribution is -2.43. The SMILES string of the molecule is CN(C)c1ccc(NC(=O)C2CCN(C(=O)Nc3ccccc3)CC2)cc1. The Morgan fingerprint density at radius 1 is 0.889 bits per heavy atom. The summed E-state index contributed by atoms with van der Waals surface area (Å²) in [5.41, 5.74) is 2.67. The van der Waals surface area contributed by atoms with Gasteiger partial charge in [0.25, 0.3) is 0 Å². The Morgan fingerprint density at radius 3 is 2.07 bits per heavy atom. The number of anilines is 3. The molecular weight excluding hydrogens is 340 g/mol. The van der Waals surface area contributed by atoms with Crippen LogP contribution in [0.15, 0.2) is 54.6 Å². The summed E-state index contributed by atoms with van der Waals surface area (Å²) in [5, 5.41) is 5.88. The molecule has 2 N–H and O–H groups in total. The van der Waals surface area contributed by atoms with Crippen molar-refractivity contribution in [2.75, 3.05) is 42.7 Å². The first-order valence-corrected chi connectivity index (χ1v) is 9.22. The largest absolute Gasteiger partial charge is 0.378 e. The summed E-state index contributed by atoms with van der Waals surface area (Å²) >= 11 is 0. The number of nitrogens with zero attached hydrogens (tertiary/aromatic N) is 2. The molecule has 1 fully saturated rings. The number of carbonyl (C=O) groups excluding carboxylic acids is 2. The number of hydrogen-bond donors (Lipinski definition) is 2. The van der Waals surface area contributed by atoms with Gasteiger partial charge in [0.1, 0.15) is 0 Å². The van der Waals surface area contributed by atoms with Crippen molar-refractivity contribution in [1.82, 2.24) is 4.90 Å². The molecule has 0 unspecified atom stereocenters. The van der Waals surface area contributed by atoms with Crippen LogP contribution in [0.4, 0.5) is 21.9 Å². The zero-order valence-corrected chi connectivity index (χ0v) is 15.8. The standard InChI is InChI=1S/C21H26N4O2/c1-24(2)19-10-8-18(9-11-19)22-20(26)16-12-14-25(15-13-16)21(27)23-17-6-4-3-5-7-17/h3-11,16H,12-15H2,1-2H3,(H,22,26)(H,23,27). The Balaban J connectivity index is 1.48. The van der Waals surface area contributed by atoms with Crippen molar-refractivity contribution >= 4 is 29.0 Å². The van der Waals surface area contributed by atoms with E-state index in [0.717, 1.165) is 17.1 Å². The first-order valence-electron chi connectivity index (χ1n) is 9.22. The number of hydrogen-bond acceptors (Lipinski definition) is 3. The molecule has 142 valence electrons. The molecule has 27 heavy (non-hydrogen) atoms. The molecule has 3 rings (SSSR count). The van der Waals surface area contributed by atoms with Gasteiger partial charge in [-0.3, -0.25) is 4.79 Å². The van der Waals surface area contributed by atoms with E-state index in [2.05, 4.69) is 10.6 Å². The van der Waals surface area contributed by atoms with Crippen LogP contribution in [0.25, 0.3) is 0 Å². The van der Waals surface area contributed by atoms with Gasteiger partial charge < -0.3 is 20.4 Å². The van der Waals surface area contributed by atoms with E-state index in [0.29, 0.717) is 25.9 Å². The molecule has 0 atom stereocenters. The molecule has 1 aliphatic heterocycles. The van der Waals surface area contributed by atoms with Gasteiger partial charge in [-0.1, -0.05) is 18.2 Å². The van der Waals surface area contributed by atoms with Crippen molar-refractivity contribution in [2.45, 2.75) is 12.8 Å². The van der Waals surface area contributed by atoms with Gasteiger partial charge >= 0.3 is 6.03 Å². The number of amides is 3. The van der Waals surface area contributed by atoms with E-state index in [-0.39, 0.29) is 17.9 Å². The van der Waals surface area contributed by atoms with E-state index >= 15 is 0 Å². The molecule has 2 aromatic carbocycles. The molecule has 0 spiro atoms. The molecule has 1 aliphatic rings. The highest BCUT2D eigenvalue weighted by atomic mass is 16.2. The van der Waals surface area contributed by atoms with Crippen molar-refractivity contribution in [3.8, 4) is 0 Å². The maximum absolute atomic E-state index is 12.5. The number of piperidine rings is 1. The number of benzene rings is 2. The second-order valence-electron chi connectivity index (χ2n) is 6.99. The number of para-hydroxylation sites is 1. The van der Waals surface area contributed by atoms with Crippen LogP contribution in [0.5, 0.6) is 0 Å². The topological polar surface area (TPSA) is 64.7 Å². The summed E-state index contributed by atoms with van der Waals surface area (Å²) in [6.07, 6.45) is 1.34. The highest BCUT2D eigenvalue weighted by Crippen LogP contribution is 2.21. The fraction of sp³-hybridized carbons (Fsp3) is 0.333. The summed E-state index contributed by atoms with van der Waals surface area (Å²) in [6.45, 7) is 1.16. The summed E-state index contributed by atoms with van der Waals surface area (Å²) in [7, 11) is 3.96. The number of likely N-dealkylation sites (tertiary alicyclic amines) is 1. The van der Waals surface area contributed by atoms with Crippen LogP contribution in [0.1, 0.15) is 12.8 Å². The summed E-state index contributed by atoms with van der Waals surface area (Å²) in [5.74, 6) is -0.0463. The Labute approximate surface area is 160 Å². The summed E-state index contributed by atoms with van der Waals surface area (Å²) in [6, 6.07) is 17.1. The predicted molar refractivity (Wildman–Crippen MR) is 109 cm³/mol. The van der Waals surface area contributed by atoms with Gasteiger partial charge in [-0.05, 0) is 49.2 Å². The molecule has 6 nitrogen and oxygen atoms in total. The van der Waals surface area contributed by atoms with Gasteiger partial charge in [-0.25, -0.2) is 4.79 Å². The fourth-order valence-corrected chi connectivity index (χ4v) is 3.16. The molecule has 0 saturated carbocycles. The molecule has 3 amide bonds. The predicted octanol–water partition coefficient (Wildman–Crippen LogP) is 3.64. The number of rotatable bonds is 4. The Morgan fingerprint density at radius 2 is 1.48 bits per heavy atom. The second kappa shape index (κ2) is 8.58. The quantitative estimate of drug-likeness (QED) is 0.868. The maximum atomic E-state index is 12.5. The van der Waals surface area contributed by atoms with Crippen molar-refractivity contribution < 1.29 is 9.59 Å². The molecule has 0 radical (unpaired) electrons. The van der Waals surface area contributed by atoms with E-state index in [1.165, 1.54) is 0 Å². The minimum atomic E-state index is -0.112. The average Bonchev–Trinajstić information content (AvgIpc) is 2.69. The van der Waals surface area contributed by atoms with Crippen LogP contribution in [0.2, 0.25) is 0 Å². The number of nitrogens with one attached hydrogen (secondary N) is 2. The minimum absolute atomic E-state index is 0.0238. The van der Waals surface area contributed by atoms with E-state index in [4.69, 9.17) is 0 Å². The van der Waals surface area contributed by atoms with Gasteiger partial charge in [0.05, 0.1) is 0 Å². The smallest absolute Gasteiger partial charge is 0.321 e. The van der Waals surface area contributed by atoms with Crippen molar-refractivity contribution in [2.24, 2.45) is 5.92 Å². The van der Waals surface area contributed by atoms with Crippen molar-refractivity contribution in [1.29, 1.82) is 0 Å². The van der Waals surface area contributed by atoms with Crippen LogP contribution >= 0.6 is 0 Å². The number of carbonyl (C=O) groups is 2. The van der Waals surface area contributed by atoms with Crippen molar-refractivity contribution in [3.05, 3.63) is 54.6 Å². The lowest BCUT2D eigenvalue weighted by atomic mass is 9.96. The van der Waals surface area contributed by atoms with Gasteiger partial charge in [0.2, 0.25) is 5.91 Å². The molecular formula is C21H26N4O2. The second-order valence-corrected chi connectivity index (χ2v) is 6.99. The lowest BCUT2D eigenvalue weighted by Gasteiger charge is -2.31. The first-order chi connectivity index (χ1) is 13.0. The minimum Gasteiger partial charge on any atom is -0.378 e. The summed E-state index contributed by atoms with van der Waals surface area (Å²) < 4.78 is 0. The van der Waals surface area contributed by atoms with Gasteiger partial charge in [0.15, 0.2) is 0 Å². The van der Waals surface area contributed by atoms with Crippen LogP contribution in [-0.4, -0.2) is 44.0 Å². The van der Waals surface area contributed by atoms with Crippen LogP contribution in [0, 0.1) is 5.92 Å². The van der Waals surface area contributed by atoms with Gasteiger partial charge in [0, 0.05) is 50.2 Å². The van der Waals surface area contributed by atoms with Crippen molar-refractivity contribution in [3.63, 3.8) is 0 Å². The van der Waals surface area contributed by atoms with E-state index in [1.54, 1.807) is 4.90 Å². The van der Waals surface area contributed by atoms with E-state index in [9.17, 15) is 9.59 Å².